The standard InChI is InChI=1S/C20H19BrFN3O3/c1-25-5-4-23-19(25)18(12-8-16(27-2)11-17(9-12)28-3)24-20(26)13-6-14(21)10-15(22)7-13/h4-11,18H,1-3H3,(H,24,26). The quantitative estimate of drug-likeness (QED) is 0.622. The van der Waals surface area contributed by atoms with E-state index < -0.39 is 17.8 Å². The van der Waals surface area contributed by atoms with Gasteiger partial charge < -0.3 is 19.4 Å². The third-order valence-corrected chi connectivity index (χ3v) is 4.68. The van der Waals surface area contributed by atoms with Gasteiger partial charge in [0.05, 0.1) is 14.2 Å². The van der Waals surface area contributed by atoms with Gasteiger partial charge in [-0.25, -0.2) is 9.37 Å². The second-order valence-electron chi connectivity index (χ2n) is 6.11. The zero-order chi connectivity index (χ0) is 20.3. The van der Waals surface area contributed by atoms with Gasteiger partial charge in [-0.2, -0.15) is 0 Å². The number of methoxy groups -OCH3 is 2. The minimum Gasteiger partial charge on any atom is -0.497 e. The van der Waals surface area contributed by atoms with Crippen LogP contribution in [0.4, 0.5) is 4.39 Å². The molecule has 1 aromatic heterocycles. The molecule has 146 valence electrons. The molecule has 1 unspecified atom stereocenters. The lowest BCUT2D eigenvalue weighted by Crippen LogP contribution is -2.31. The predicted octanol–water partition coefficient (Wildman–Crippen LogP) is 3.86. The lowest BCUT2D eigenvalue weighted by molar-refractivity contribution is 0.0940. The molecule has 0 saturated carbocycles. The Labute approximate surface area is 170 Å². The third kappa shape index (κ3) is 4.33. The Morgan fingerprint density at radius 3 is 2.36 bits per heavy atom. The van der Waals surface area contributed by atoms with Crippen molar-refractivity contribution in [1.82, 2.24) is 14.9 Å². The number of carbonyl (C=O) groups is 1. The molecule has 0 spiro atoms. The highest BCUT2D eigenvalue weighted by atomic mass is 79.9. The smallest absolute Gasteiger partial charge is 0.252 e. The number of rotatable bonds is 6. The molecule has 3 rings (SSSR count). The number of carbonyl (C=O) groups excluding carboxylic acids is 1. The molecular formula is C20H19BrFN3O3. The largest absolute Gasteiger partial charge is 0.497 e. The number of benzene rings is 2. The maximum absolute atomic E-state index is 13.7. The molecule has 0 fully saturated rings. The van der Waals surface area contributed by atoms with Crippen molar-refractivity contribution in [2.45, 2.75) is 6.04 Å². The molecule has 1 amide bonds. The summed E-state index contributed by atoms with van der Waals surface area (Å²) in [6.07, 6.45) is 3.43. The number of ether oxygens (including phenoxy) is 2. The lowest BCUT2D eigenvalue weighted by Gasteiger charge is -2.20. The monoisotopic (exact) mass is 447 g/mol. The first-order valence-corrected chi connectivity index (χ1v) is 9.17. The van der Waals surface area contributed by atoms with Crippen molar-refractivity contribution in [2.75, 3.05) is 14.2 Å². The van der Waals surface area contributed by atoms with E-state index in [-0.39, 0.29) is 5.56 Å². The SMILES string of the molecule is COc1cc(OC)cc(C(NC(=O)c2cc(F)cc(Br)c2)c2nccn2C)c1. The van der Waals surface area contributed by atoms with Crippen molar-refractivity contribution >= 4 is 21.8 Å². The second-order valence-corrected chi connectivity index (χ2v) is 7.02. The molecule has 0 bridgehead atoms. The Bertz CT molecular complexity index is 964. The molecule has 1 heterocycles. The number of imidazole rings is 1. The van der Waals surface area contributed by atoms with Crippen LogP contribution >= 0.6 is 15.9 Å². The Hall–Kier alpha value is -2.87. The summed E-state index contributed by atoms with van der Waals surface area (Å²) in [5, 5.41) is 2.93. The number of halogens is 2. The van der Waals surface area contributed by atoms with Gasteiger partial charge in [-0.1, -0.05) is 15.9 Å². The van der Waals surface area contributed by atoms with Crippen molar-refractivity contribution in [1.29, 1.82) is 0 Å². The third-order valence-electron chi connectivity index (χ3n) is 4.22. The van der Waals surface area contributed by atoms with Crippen molar-refractivity contribution in [3.8, 4) is 11.5 Å². The lowest BCUT2D eigenvalue weighted by atomic mass is 10.0. The number of aryl methyl sites for hydroxylation is 1. The topological polar surface area (TPSA) is 65.4 Å². The van der Waals surface area contributed by atoms with Crippen LogP contribution in [-0.2, 0) is 7.05 Å². The maximum atomic E-state index is 13.7. The summed E-state index contributed by atoms with van der Waals surface area (Å²) in [6, 6.07) is 8.76. The van der Waals surface area contributed by atoms with Gasteiger partial charge in [-0.15, -0.1) is 0 Å². The normalized spacial score (nSPS) is 11.8. The summed E-state index contributed by atoms with van der Waals surface area (Å²) < 4.78 is 26.7. The van der Waals surface area contributed by atoms with E-state index in [0.717, 1.165) is 0 Å². The van der Waals surface area contributed by atoms with Crippen molar-refractivity contribution < 1.29 is 18.7 Å². The van der Waals surface area contributed by atoms with Crippen molar-refractivity contribution in [3.63, 3.8) is 0 Å². The maximum Gasteiger partial charge on any atom is 0.252 e. The molecular weight excluding hydrogens is 429 g/mol. The molecule has 1 atom stereocenters. The highest BCUT2D eigenvalue weighted by Crippen LogP contribution is 2.30. The van der Waals surface area contributed by atoms with E-state index in [1.165, 1.54) is 12.1 Å². The van der Waals surface area contributed by atoms with Crippen LogP contribution in [0.25, 0.3) is 0 Å². The Morgan fingerprint density at radius 2 is 1.82 bits per heavy atom. The molecule has 0 aliphatic rings. The fraction of sp³-hybridized carbons (Fsp3) is 0.200. The van der Waals surface area contributed by atoms with Crippen molar-refractivity contribution in [3.05, 3.63) is 76.0 Å². The summed E-state index contributed by atoms with van der Waals surface area (Å²) in [5.41, 5.74) is 0.912. The highest BCUT2D eigenvalue weighted by molar-refractivity contribution is 9.10. The summed E-state index contributed by atoms with van der Waals surface area (Å²) in [5.74, 6) is 0.831. The van der Waals surface area contributed by atoms with Crippen LogP contribution in [0.2, 0.25) is 0 Å². The zero-order valence-corrected chi connectivity index (χ0v) is 17.2. The van der Waals surface area contributed by atoms with Crippen LogP contribution in [0.5, 0.6) is 11.5 Å². The highest BCUT2D eigenvalue weighted by Gasteiger charge is 2.23. The molecule has 0 aliphatic heterocycles. The van der Waals surface area contributed by atoms with Crippen LogP contribution in [0, 0.1) is 5.82 Å². The molecule has 1 N–H and O–H groups in total. The summed E-state index contributed by atoms with van der Waals surface area (Å²) in [7, 11) is 4.94. The zero-order valence-electron chi connectivity index (χ0n) is 15.6. The van der Waals surface area contributed by atoms with Gasteiger partial charge in [-0.3, -0.25) is 4.79 Å². The van der Waals surface area contributed by atoms with Crippen LogP contribution in [0.1, 0.15) is 27.8 Å². The van der Waals surface area contributed by atoms with E-state index in [0.29, 0.717) is 27.4 Å². The first kappa shape index (κ1) is 19.9. The minimum atomic E-state index is -0.599. The van der Waals surface area contributed by atoms with Crippen LogP contribution in [0.3, 0.4) is 0 Å². The van der Waals surface area contributed by atoms with E-state index >= 15 is 0 Å². The second kappa shape index (κ2) is 8.43. The van der Waals surface area contributed by atoms with Crippen LogP contribution < -0.4 is 14.8 Å². The number of hydrogen-bond donors (Lipinski definition) is 1. The number of nitrogens with one attached hydrogen (secondary N) is 1. The Balaban J connectivity index is 2.04. The van der Waals surface area contributed by atoms with Gasteiger partial charge in [0.25, 0.3) is 5.91 Å². The average molecular weight is 448 g/mol. The number of amides is 1. The molecule has 8 heteroatoms. The molecule has 28 heavy (non-hydrogen) atoms. The van der Waals surface area contributed by atoms with Gasteiger partial charge >= 0.3 is 0 Å². The first-order valence-electron chi connectivity index (χ1n) is 8.38. The molecule has 0 radical (unpaired) electrons. The summed E-state index contributed by atoms with van der Waals surface area (Å²) in [6.45, 7) is 0. The Morgan fingerprint density at radius 1 is 1.14 bits per heavy atom. The van der Waals surface area contributed by atoms with Gasteiger partial charge in [0.15, 0.2) is 0 Å². The van der Waals surface area contributed by atoms with E-state index in [2.05, 4.69) is 26.2 Å². The molecule has 0 saturated heterocycles. The predicted molar refractivity (Wildman–Crippen MR) is 106 cm³/mol. The van der Waals surface area contributed by atoms with Gasteiger partial charge in [0, 0.05) is 35.5 Å². The number of hydrogen-bond acceptors (Lipinski definition) is 4. The van der Waals surface area contributed by atoms with Crippen LogP contribution in [-0.4, -0.2) is 29.7 Å². The van der Waals surface area contributed by atoms with E-state index in [4.69, 9.17) is 9.47 Å². The average Bonchev–Trinajstić information content (AvgIpc) is 3.10. The molecule has 0 aliphatic carbocycles. The van der Waals surface area contributed by atoms with E-state index in [9.17, 15) is 9.18 Å². The summed E-state index contributed by atoms with van der Waals surface area (Å²) >= 11 is 3.21. The minimum absolute atomic E-state index is 0.195. The Kier molecular flexibility index (Phi) is 5.99. The fourth-order valence-corrected chi connectivity index (χ4v) is 3.31. The van der Waals surface area contributed by atoms with Gasteiger partial charge in [-0.05, 0) is 35.9 Å². The van der Waals surface area contributed by atoms with Crippen LogP contribution in [0.15, 0.2) is 53.3 Å². The molecule has 2 aromatic carbocycles. The van der Waals surface area contributed by atoms with Gasteiger partial charge in [0.2, 0.25) is 0 Å². The number of aromatic nitrogens is 2. The van der Waals surface area contributed by atoms with Gasteiger partial charge in [0.1, 0.15) is 29.2 Å². The van der Waals surface area contributed by atoms with E-state index in [1.807, 2.05) is 7.05 Å². The number of nitrogens with zero attached hydrogens (tertiary/aromatic N) is 2. The fourth-order valence-electron chi connectivity index (χ4n) is 2.85. The summed E-state index contributed by atoms with van der Waals surface area (Å²) in [4.78, 5) is 17.2. The van der Waals surface area contributed by atoms with E-state index in [1.54, 1.807) is 55.4 Å². The molecule has 6 nitrogen and oxygen atoms in total. The van der Waals surface area contributed by atoms with Crippen molar-refractivity contribution in [2.24, 2.45) is 7.05 Å². The molecule has 3 aromatic rings. The first-order chi connectivity index (χ1) is 13.4.